The van der Waals surface area contributed by atoms with Crippen LogP contribution in [-0.4, -0.2) is 25.1 Å². The second-order valence-corrected chi connectivity index (χ2v) is 9.61. The Kier molecular flexibility index (Phi) is 5.51. The third kappa shape index (κ3) is 5.10. The maximum atomic E-state index is 12.2. The number of halogens is 1. The zero-order valence-corrected chi connectivity index (χ0v) is 16.3. The van der Waals surface area contributed by atoms with Gasteiger partial charge in [-0.15, -0.1) is 11.3 Å². The van der Waals surface area contributed by atoms with Crippen molar-refractivity contribution in [2.24, 2.45) is 0 Å². The van der Waals surface area contributed by atoms with Crippen LogP contribution in [0.5, 0.6) is 0 Å². The molecule has 1 N–H and O–H groups in total. The summed E-state index contributed by atoms with van der Waals surface area (Å²) in [4.78, 5) is 16.4. The summed E-state index contributed by atoms with van der Waals surface area (Å²) >= 11 is 4.79. The number of hydrogen-bond donors (Lipinski definition) is 1. The van der Waals surface area contributed by atoms with E-state index < -0.39 is 21.5 Å². The van der Waals surface area contributed by atoms with Gasteiger partial charge in [0.1, 0.15) is 10.8 Å². The van der Waals surface area contributed by atoms with Crippen LogP contribution in [0.4, 0.5) is 0 Å². The third-order valence-corrected chi connectivity index (χ3v) is 6.41. The first-order valence-corrected chi connectivity index (χ1v) is 10.9. The van der Waals surface area contributed by atoms with Crippen LogP contribution in [0.25, 0.3) is 10.2 Å². The van der Waals surface area contributed by atoms with E-state index in [1.54, 1.807) is 18.2 Å². The van der Waals surface area contributed by atoms with Crippen molar-refractivity contribution in [2.45, 2.75) is 12.3 Å². The fourth-order valence-corrected chi connectivity index (χ4v) is 5.00. The lowest BCUT2D eigenvalue weighted by Crippen LogP contribution is -2.30. The van der Waals surface area contributed by atoms with Crippen molar-refractivity contribution >= 4 is 53.2 Å². The fraction of sp³-hybridized carbons (Fsp3) is 0.176. The fourth-order valence-electron chi connectivity index (χ4n) is 2.35. The molecule has 2 aromatic carbocycles. The van der Waals surface area contributed by atoms with E-state index in [0.29, 0.717) is 5.56 Å². The van der Waals surface area contributed by atoms with Crippen molar-refractivity contribution in [1.82, 2.24) is 10.3 Å². The predicted molar refractivity (Wildman–Crippen MR) is 103 cm³/mol. The highest BCUT2D eigenvalue weighted by Gasteiger charge is 2.18. The van der Waals surface area contributed by atoms with Crippen LogP contribution in [0.3, 0.4) is 0 Å². The zero-order valence-electron chi connectivity index (χ0n) is 13.1. The van der Waals surface area contributed by atoms with Gasteiger partial charge in [0.25, 0.3) is 0 Å². The number of benzene rings is 2. The molecule has 0 aliphatic heterocycles. The van der Waals surface area contributed by atoms with Gasteiger partial charge in [-0.3, -0.25) is 4.79 Å². The van der Waals surface area contributed by atoms with Gasteiger partial charge in [-0.25, -0.2) is 13.4 Å². The number of carbonyl (C=O) groups excluding carboxylic acids is 1. The van der Waals surface area contributed by atoms with Crippen LogP contribution < -0.4 is 5.32 Å². The molecule has 0 radical (unpaired) electrons. The SMILES string of the molecule is O=C(CS(=O)(=O)Cc1cccc(Br)c1)NCc1nc2ccccc2s1. The monoisotopic (exact) mass is 438 g/mol. The van der Waals surface area contributed by atoms with Gasteiger partial charge in [-0.05, 0) is 29.8 Å². The third-order valence-electron chi connectivity index (χ3n) is 3.40. The van der Waals surface area contributed by atoms with E-state index in [9.17, 15) is 13.2 Å². The van der Waals surface area contributed by atoms with Crippen LogP contribution in [0.15, 0.2) is 53.0 Å². The second kappa shape index (κ2) is 7.63. The number of thiazole rings is 1. The lowest BCUT2D eigenvalue weighted by atomic mass is 10.2. The lowest BCUT2D eigenvalue weighted by Gasteiger charge is -2.06. The average molecular weight is 439 g/mol. The molecule has 0 atom stereocenters. The number of rotatable bonds is 6. The quantitative estimate of drug-likeness (QED) is 0.640. The molecule has 0 saturated heterocycles. The Labute approximate surface area is 158 Å². The summed E-state index contributed by atoms with van der Waals surface area (Å²) in [5.74, 6) is -1.22. The molecule has 0 aliphatic rings. The molecular formula is C17H15BrN2O3S2. The maximum Gasteiger partial charge on any atom is 0.235 e. The molecule has 3 rings (SSSR count). The van der Waals surface area contributed by atoms with E-state index in [1.807, 2.05) is 30.3 Å². The Bertz CT molecular complexity index is 982. The smallest absolute Gasteiger partial charge is 0.235 e. The molecule has 1 amide bonds. The summed E-state index contributed by atoms with van der Waals surface area (Å²) in [7, 11) is -3.53. The first-order valence-electron chi connectivity index (χ1n) is 7.47. The number of amides is 1. The van der Waals surface area contributed by atoms with E-state index in [0.717, 1.165) is 19.7 Å². The molecule has 130 valence electrons. The molecule has 8 heteroatoms. The highest BCUT2D eigenvalue weighted by Crippen LogP contribution is 2.21. The van der Waals surface area contributed by atoms with Crippen molar-refractivity contribution in [3.8, 4) is 0 Å². The Balaban J connectivity index is 1.57. The number of nitrogens with zero attached hydrogens (tertiary/aromatic N) is 1. The summed E-state index contributed by atoms with van der Waals surface area (Å²) in [6.07, 6.45) is 0. The molecule has 0 bridgehead atoms. The minimum absolute atomic E-state index is 0.166. The van der Waals surface area contributed by atoms with E-state index >= 15 is 0 Å². The molecule has 1 aromatic heterocycles. The van der Waals surface area contributed by atoms with Gasteiger partial charge in [0.2, 0.25) is 5.91 Å². The predicted octanol–water partition coefficient (Wildman–Crippen LogP) is 3.29. The molecule has 0 aliphatic carbocycles. The van der Waals surface area contributed by atoms with Crippen molar-refractivity contribution in [3.63, 3.8) is 0 Å². The molecule has 0 unspecified atom stereocenters. The van der Waals surface area contributed by atoms with Gasteiger partial charge < -0.3 is 5.32 Å². The van der Waals surface area contributed by atoms with E-state index in [-0.39, 0.29) is 12.3 Å². The summed E-state index contributed by atoms with van der Waals surface area (Å²) in [6, 6.07) is 14.7. The number of aromatic nitrogens is 1. The van der Waals surface area contributed by atoms with Gasteiger partial charge in [0, 0.05) is 4.47 Å². The molecule has 3 aromatic rings. The van der Waals surface area contributed by atoms with E-state index in [2.05, 4.69) is 26.2 Å². The summed E-state index contributed by atoms with van der Waals surface area (Å²) in [5, 5.41) is 3.38. The first kappa shape index (κ1) is 18.0. The minimum atomic E-state index is -3.53. The van der Waals surface area contributed by atoms with Crippen LogP contribution >= 0.6 is 27.3 Å². The Morgan fingerprint density at radius 1 is 1.16 bits per heavy atom. The van der Waals surface area contributed by atoms with Crippen LogP contribution in [0.1, 0.15) is 10.6 Å². The van der Waals surface area contributed by atoms with E-state index in [4.69, 9.17) is 0 Å². The number of para-hydroxylation sites is 1. The average Bonchev–Trinajstić information content (AvgIpc) is 2.95. The summed E-state index contributed by atoms with van der Waals surface area (Å²) in [6.45, 7) is 0.227. The molecule has 5 nitrogen and oxygen atoms in total. The number of hydrogen-bond acceptors (Lipinski definition) is 5. The topological polar surface area (TPSA) is 76.1 Å². The van der Waals surface area contributed by atoms with Crippen molar-refractivity contribution < 1.29 is 13.2 Å². The van der Waals surface area contributed by atoms with Gasteiger partial charge in [-0.2, -0.15) is 0 Å². The molecule has 1 heterocycles. The first-order chi connectivity index (χ1) is 11.9. The van der Waals surface area contributed by atoms with E-state index in [1.165, 1.54) is 11.3 Å². The van der Waals surface area contributed by atoms with Crippen molar-refractivity contribution in [3.05, 3.63) is 63.6 Å². The van der Waals surface area contributed by atoms with Crippen LogP contribution in [0.2, 0.25) is 0 Å². The molecule has 0 fully saturated rings. The molecular weight excluding hydrogens is 424 g/mol. The van der Waals surface area contributed by atoms with Crippen LogP contribution in [0, 0.1) is 0 Å². The van der Waals surface area contributed by atoms with Crippen molar-refractivity contribution in [2.75, 3.05) is 5.75 Å². The summed E-state index contributed by atoms with van der Waals surface area (Å²) in [5.41, 5.74) is 1.52. The van der Waals surface area contributed by atoms with Crippen molar-refractivity contribution in [1.29, 1.82) is 0 Å². The highest BCUT2D eigenvalue weighted by atomic mass is 79.9. The maximum absolute atomic E-state index is 12.2. The lowest BCUT2D eigenvalue weighted by molar-refractivity contribution is -0.118. The van der Waals surface area contributed by atoms with Gasteiger partial charge in [0.05, 0.1) is 22.5 Å². The Morgan fingerprint density at radius 2 is 1.96 bits per heavy atom. The van der Waals surface area contributed by atoms with Crippen LogP contribution in [-0.2, 0) is 26.9 Å². The summed E-state index contributed by atoms with van der Waals surface area (Å²) < 4.78 is 26.2. The molecule has 0 spiro atoms. The van der Waals surface area contributed by atoms with Gasteiger partial charge in [-0.1, -0.05) is 40.2 Å². The minimum Gasteiger partial charge on any atom is -0.349 e. The number of fused-ring (bicyclic) bond motifs is 1. The number of sulfone groups is 1. The molecule has 0 saturated carbocycles. The largest absolute Gasteiger partial charge is 0.349 e. The number of nitrogens with one attached hydrogen (secondary N) is 1. The molecule has 25 heavy (non-hydrogen) atoms. The standard InChI is InChI=1S/C17H15BrN2O3S2/c18-13-5-3-4-12(8-13)10-25(22,23)11-16(21)19-9-17-20-14-6-1-2-7-15(14)24-17/h1-8H,9-11H2,(H,19,21). The normalized spacial score (nSPS) is 11.6. The zero-order chi connectivity index (χ0) is 17.9. The number of carbonyl (C=O) groups is 1. The van der Waals surface area contributed by atoms with Gasteiger partial charge >= 0.3 is 0 Å². The Morgan fingerprint density at radius 3 is 2.72 bits per heavy atom. The van der Waals surface area contributed by atoms with Gasteiger partial charge in [0.15, 0.2) is 9.84 Å². The second-order valence-electron chi connectivity index (χ2n) is 5.51. The highest BCUT2D eigenvalue weighted by molar-refractivity contribution is 9.10. The Hall–Kier alpha value is -1.77.